The third-order valence-corrected chi connectivity index (χ3v) is 4.89. The van der Waals surface area contributed by atoms with Gasteiger partial charge < -0.3 is 15.2 Å². The fourth-order valence-electron chi connectivity index (χ4n) is 2.64. The zero-order valence-electron chi connectivity index (χ0n) is 14.8. The Bertz CT molecular complexity index is 834. The average molecular weight is 353 g/mol. The first kappa shape index (κ1) is 17.2. The van der Waals surface area contributed by atoms with E-state index in [2.05, 4.69) is 56.4 Å². The highest BCUT2D eigenvalue weighted by Gasteiger charge is 2.10. The molecule has 0 atom stereocenters. The van der Waals surface area contributed by atoms with Gasteiger partial charge in [0.1, 0.15) is 5.82 Å². The summed E-state index contributed by atoms with van der Waals surface area (Å²) in [5, 5.41) is 3.40. The summed E-state index contributed by atoms with van der Waals surface area (Å²) >= 11 is 1.80. The fraction of sp³-hybridized carbons (Fsp3) is 0.263. The van der Waals surface area contributed by atoms with Crippen LogP contribution >= 0.6 is 11.3 Å². The van der Waals surface area contributed by atoms with Gasteiger partial charge in [-0.2, -0.15) is 0 Å². The topological polar surface area (TPSA) is 56.3 Å². The van der Waals surface area contributed by atoms with Gasteiger partial charge in [-0.3, -0.25) is 4.99 Å². The Balaban J connectivity index is 1.60. The second-order valence-electron chi connectivity index (χ2n) is 5.88. The largest absolute Gasteiger partial charge is 0.351 e. The van der Waals surface area contributed by atoms with Crippen LogP contribution in [0.1, 0.15) is 15.6 Å². The Kier molecular flexibility index (Phi) is 5.50. The second kappa shape index (κ2) is 7.98. The summed E-state index contributed by atoms with van der Waals surface area (Å²) in [5.41, 5.74) is 2.17. The quantitative estimate of drug-likeness (QED) is 0.544. The minimum absolute atomic E-state index is 0.663. The van der Waals surface area contributed by atoms with Gasteiger partial charge in [0.25, 0.3) is 0 Å². The molecular formula is C19H23N5S. The number of nitrogens with zero attached hydrogens (tertiary/aromatic N) is 3. The van der Waals surface area contributed by atoms with Gasteiger partial charge in [0.15, 0.2) is 5.96 Å². The molecule has 0 saturated carbocycles. The predicted octanol–water partition coefficient (Wildman–Crippen LogP) is 3.65. The van der Waals surface area contributed by atoms with Crippen LogP contribution in [0.15, 0.2) is 53.7 Å². The third-order valence-electron chi connectivity index (χ3n) is 3.89. The van der Waals surface area contributed by atoms with E-state index < -0.39 is 0 Å². The molecule has 130 valence electrons. The van der Waals surface area contributed by atoms with Crippen molar-refractivity contribution in [1.29, 1.82) is 0 Å². The predicted molar refractivity (Wildman–Crippen MR) is 105 cm³/mol. The molecule has 0 spiro atoms. The Morgan fingerprint density at radius 2 is 2.04 bits per heavy atom. The average Bonchev–Trinajstić information content (AvgIpc) is 3.25. The van der Waals surface area contributed by atoms with Crippen LogP contribution in [0.25, 0.3) is 11.3 Å². The summed E-state index contributed by atoms with van der Waals surface area (Å²) in [4.78, 5) is 16.9. The van der Waals surface area contributed by atoms with Crippen molar-refractivity contribution in [3.63, 3.8) is 0 Å². The zero-order chi connectivity index (χ0) is 17.6. The van der Waals surface area contributed by atoms with Gasteiger partial charge in [-0.25, -0.2) is 4.98 Å². The van der Waals surface area contributed by atoms with Gasteiger partial charge in [0.2, 0.25) is 0 Å². The van der Waals surface area contributed by atoms with Crippen molar-refractivity contribution in [2.75, 3.05) is 14.1 Å². The molecule has 0 unspecified atom stereocenters. The van der Waals surface area contributed by atoms with Crippen molar-refractivity contribution in [1.82, 2.24) is 20.2 Å². The molecule has 3 aromatic rings. The molecule has 0 aliphatic rings. The molecule has 2 heterocycles. The Hall–Kier alpha value is -2.60. The smallest absolute Gasteiger partial charge is 0.194 e. The number of imidazole rings is 1. The highest BCUT2D eigenvalue weighted by Crippen LogP contribution is 2.17. The molecule has 2 aromatic heterocycles. The van der Waals surface area contributed by atoms with Crippen LogP contribution in [0.5, 0.6) is 0 Å². The standard InChI is InChI=1S/C19H23N5S/c1-14-9-10-16(25-14)11-22-19(20-2)24(3)13-18-21-12-17(23-18)15-7-5-4-6-8-15/h4-10,12H,11,13H2,1-3H3,(H,20,22)(H,21,23). The molecular weight excluding hydrogens is 330 g/mol. The van der Waals surface area contributed by atoms with E-state index in [0.717, 1.165) is 29.6 Å². The van der Waals surface area contributed by atoms with Crippen LogP contribution in [0.3, 0.4) is 0 Å². The van der Waals surface area contributed by atoms with E-state index in [1.54, 1.807) is 18.4 Å². The van der Waals surface area contributed by atoms with E-state index >= 15 is 0 Å². The minimum atomic E-state index is 0.663. The lowest BCUT2D eigenvalue weighted by molar-refractivity contribution is 0.464. The van der Waals surface area contributed by atoms with Crippen LogP contribution in [0, 0.1) is 6.92 Å². The Morgan fingerprint density at radius 1 is 1.24 bits per heavy atom. The number of H-pyrrole nitrogens is 1. The van der Waals surface area contributed by atoms with Gasteiger partial charge >= 0.3 is 0 Å². The SMILES string of the molecule is CN=C(NCc1ccc(C)s1)N(C)Cc1ncc(-c2ccccc2)[nH]1. The summed E-state index contributed by atoms with van der Waals surface area (Å²) < 4.78 is 0. The Labute approximate surface area is 152 Å². The number of aryl methyl sites for hydroxylation is 1. The number of aliphatic imine (C=N–C) groups is 1. The number of aromatic amines is 1. The van der Waals surface area contributed by atoms with Crippen molar-refractivity contribution in [3.05, 3.63) is 64.2 Å². The maximum absolute atomic E-state index is 4.49. The normalized spacial score (nSPS) is 11.6. The molecule has 25 heavy (non-hydrogen) atoms. The van der Waals surface area contributed by atoms with Crippen molar-refractivity contribution in [2.24, 2.45) is 4.99 Å². The van der Waals surface area contributed by atoms with Crippen molar-refractivity contribution < 1.29 is 0 Å². The maximum atomic E-state index is 4.49. The van der Waals surface area contributed by atoms with Crippen LogP contribution < -0.4 is 5.32 Å². The number of benzene rings is 1. The molecule has 3 rings (SSSR count). The molecule has 0 radical (unpaired) electrons. The number of hydrogen-bond donors (Lipinski definition) is 2. The molecule has 0 saturated heterocycles. The van der Waals surface area contributed by atoms with E-state index in [1.165, 1.54) is 9.75 Å². The minimum Gasteiger partial charge on any atom is -0.351 e. The number of guanidine groups is 1. The van der Waals surface area contributed by atoms with Crippen LogP contribution in [-0.2, 0) is 13.1 Å². The number of hydrogen-bond acceptors (Lipinski definition) is 3. The monoisotopic (exact) mass is 353 g/mol. The number of nitrogens with one attached hydrogen (secondary N) is 2. The van der Waals surface area contributed by atoms with Gasteiger partial charge in [0.05, 0.1) is 25.0 Å². The first-order valence-corrected chi connectivity index (χ1v) is 9.04. The molecule has 0 fully saturated rings. The summed E-state index contributed by atoms with van der Waals surface area (Å²) in [7, 11) is 3.82. The van der Waals surface area contributed by atoms with Crippen molar-refractivity contribution in [2.45, 2.75) is 20.0 Å². The van der Waals surface area contributed by atoms with E-state index in [-0.39, 0.29) is 0 Å². The van der Waals surface area contributed by atoms with E-state index in [0.29, 0.717) is 6.54 Å². The molecule has 0 amide bonds. The zero-order valence-corrected chi connectivity index (χ0v) is 15.6. The van der Waals surface area contributed by atoms with E-state index in [9.17, 15) is 0 Å². The van der Waals surface area contributed by atoms with E-state index in [4.69, 9.17) is 0 Å². The lowest BCUT2D eigenvalue weighted by Gasteiger charge is -2.20. The van der Waals surface area contributed by atoms with E-state index in [1.807, 2.05) is 31.4 Å². The molecule has 0 bridgehead atoms. The first-order chi connectivity index (χ1) is 12.2. The lowest BCUT2D eigenvalue weighted by Crippen LogP contribution is -2.38. The molecule has 0 aliphatic carbocycles. The van der Waals surface area contributed by atoms with Gasteiger partial charge in [-0.05, 0) is 24.6 Å². The third kappa shape index (κ3) is 4.48. The fourth-order valence-corrected chi connectivity index (χ4v) is 3.47. The molecule has 0 aliphatic heterocycles. The summed E-state index contributed by atoms with van der Waals surface area (Å²) in [6.45, 7) is 3.56. The number of aromatic nitrogens is 2. The highest BCUT2D eigenvalue weighted by atomic mass is 32.1. The van der Waals surface area contributed by atoms with Crippen LogP contribution in [-0.4, -0.2) is 34.9 Å². The van der Waals surface area contributed by atoms with Gasteiger partial charge in [-0.15, -0.1) is 11.3 Å². The summed E-state index contributed by atoms with van der Waals surface area (Å²) in [6.07, 6.45) is 1.88. The second-order valence-corrected chi connectivity index (χ2v) is 7.25. The summed E-state index contributed by atoms with van der Waals surface area (Å²) in [6, 6.07) is 14.5. The molecule has 2 N–H and O–H groups in total. The first-order valence-electron chi connectivity index (χ1n) is 8.22. The Morgan fingerprint density at radius 3 is 2.72 bits per heavy atom. The molecule has 1 aromatic carbocycles. The highest BCUT2D eigenvalue weighted by molar-refractivity contribution is 7.11. The molecule has 5 nitrogen and oxygen atoms in total. The maximum Gasteiger partial charge on any atom is 0.194 e. The van der Waals surface area contributed by atoms with Crippen LogP contribution in [0.2, 0.25) is 0 Å². The van der Waals surface area contributed by atoms with Crippen molar-refractivity contribution in [3.8, 4) is 11.3 Å². The lowest BCUT2D eigenvalue weighted by atomic mass is 10.2. The van der Waals surface area contributed by atoms with Gasteiger partial charge in [-0.1, -0.05) is 30.3 Å². The number of rotatable bonds is 5. The van der Waals surface area contributed by atoms with Gasteiger partial charge in [0, 0.05) is 23.8 Å². The number of thiophene rings is 1. The summed E-state index contributed by atoms with van der Waals surface area (Å²) in [5.74, 6) is 1.76. The van der Waals surface area contributed by atoms with Crippen molar-refractivity contribution >= 4 is 17.3 Å². The van der Waals surface area contributed by atoms with Crippen LogP contribution in [0.4, 0.5) is 0 Å². The molecule has 6 heteroatoms.